The first kappa shape index (κ1) is 27.9. The van der Waals surface area contributed by atoms with Crippen molar-refractivity contribution in [3.8, 4) is 11.8 Å². The van der Waals surface area contributed by atoms with Gasteiger partial charge in [-0.15, -0.1) is 11.3 Å². The number of allylic oxidation sites excluding steroid dienone is 2. The highest BCUT2D eigenvalue weighted by Gasteiger charge is 2.39. The molecule has 1 N–H and O–H groups in total. The minimum Gasteiger partial charge on any atom is -0.477 e. The molecule has 202 valence electrons. The molecule has 1 saturated carbocycles. The van der Waals surface area contributed by atoms with E-state index in [9.17, 15) is 14.7 Å². The lowest BCUT2D eigenvalue weighted by molar-refractivity contribution is -0.124. The third-order valence-electron chi connectivity index (χ3n) is 7.61. The van der Waals surface area contributed by atoms with Crippen LogP contribution >= 0.6 is 11.3 Å². The number of nitrogens with zero attached hydrogens (tertiary/aromatic N) is 1. The normalized spacial score (nSPS) is 28.2. The molecule has 4 rings (SSSR count). The van der Waals surface area contributed by atoms with Crippen LogP contribution in [0.4, 0.5) is 5.69 Å². The first-order valence-electron chi connectivity index (χ1n) is 13.6. The van der Waals surface area contributed by atoms with E-state index in [1.807, 2.05) is 31.7 Å². The van der Waals surface area contributed by atoms with Crippen LogP contribution in [-0.4, -0.2) is 48.4 Å². The number of aromatic carboxylic acids is 1. The van der Waals surface area contributed by atoms with Crippen molar-refractivity contribution in [3.63, 3.8) is 0 Å². The molecule has 6 nitrogen and oxygen atoms in total. The van der Waals surface area contributed by atoms with E-state index >= 15 is 0 Å². The van der Waals surface area contributed by atoms with Gasteiger partial charge in [0.2, 0.25) is 5.91 Å². The summed E-state index contributed by atoms with van der Waals surface area (Å²) >= 11 is 1.17. The lowest BCUT2D eigenvalue weighted by Gasteiger charge is -2.40. The quantitative estimate of drug-likeness (QED) is 0.348. The summed E-state index contributed by atoms with van der Waals surface area (Å²) in [5.41, 5.74) is 1.62. The van der Waals surface area contributed by atoms with Crippen molar-refractivity contribution in [1.29, 1.82) is 0 Å². The van der Waals surface area contributed by atoms with Gasteiger partial charge in [-0.2, -0.15) is 0 Å². The number of carbonyl (C=O) groups is 2. The summed E-state index contributed by atoms with van der Waals surface area (Å²) in [6.45, 7) is 11.8. The van der Waals surface area contributed by atoms with Crippen LogP contribution in [-0.2, 0) is 14.3 Å². The van der Waals surface area contributed by atoms with E-state index < -0.39 is 5.97 Å². The molecule has 0 bridgehead atoms. The Bertz CT molecular complexity index is 1070. The van der Waals surface area contributed by atoms with Crippen LogP contribution in [0.5, 0.6) is 0 Å². The second-order valence-electron chi connectivity index (χ2n) is 12.0. The molecule has 1 amide bonds. The summed E-state index contributed by atoms with van der Waals surface area (Å²) in [5, 5.41) is 10.1. The first-order chi connectivity index (χ1) is 17.5. The van der Waals surface area contributed by atoms with Gasteiger partial charge in [0, 0.05) is 24.0 Å². The van der Waals surface area contributed by atoms with Crippen molar-refractivity contribution in [1.82, 2.24) is 0 Å². The van der Waals surface area contributed by atoms with Crippen molar-refractivity contribution in [2.45, 2.75) is 97.8 Å². The molecule has 2 heterocycles. The van der Waals surface area contributed by atoms with E-state index in [1.165, 1.54) is 16.9 Å². The third kappa shape index (κ3) is 7.04. The minimum atomic E-state index is -1.01. The van der Waals surface area contributed by atoms with E-state index in [4.69, 9.17) is 9.47 Å². The van der Waals surface area contributed by atoms with Crippen LogP contribution in [0.25, 0.3) is 0 Å². The molecule has 1 saturated heterocycles. The van der Waals surface area contributed by atoms with Crippen molar-refractivity contribution < 1.29 is 24.2 Å². The van der Waals surface area contributed by atoms with Crippen molar-refractivity contribution in [3.05, 3.63) is 27.5 Å². The van der Waals surface area contributed by atoms with Crippen LogP contribution in [0.2, 0.25) is 0 Å². The fraction of sp³-hybridized carbons (Fsp3) is 0.667. The summed E-state index contributed by atoms with van der Waals surface area (Å²) in [7, 11) is 0. The molecule has 1 aliphatic heterocycles. The molecule has 0 aromatic carbocycles. The Hall–Kier alpha value is -2.14. The summed E-state index contributed by atoms with van der Waals surface area (Å²) in [5.74, 6) is 5.47. The largest absolute Gasteiger partial charge is 0.477 e. The monoisotopic (exact) mass is 527 g/mol. The molecular weight excluding hydrogens is 486 g/mol. The van der Waals surface area contributed by atoms with E-state index in [0.717, 1.165) is 45.1 Å². The van der Waals surface area contributed by atoms with Gasteiger partial charge in [-0.3, -0.25) is 4.79 Å². The van der Waals surface area contributed by atoms with Gasteiger partial charge >= 0.3 is 5.97 Å². The molecule has 1 unspecified atom stereocenters. The Kier molecular flexibility index (Phi) is 8.83. The van der Waals surface area contributed by atoms with Gasteiger partial charge in [0.15, 0.2) is 0 Å². The lowest BCUT2D eigenvalue weighted by Crippen LogP contribution is -2.48. The van der Waals surface area contributed by atoms with Gasteiger partial charge in [0.25, 0.3) is 0 Å². The molecule has 2 aliphatic carbocycles. The fourth-order valence-electron chi connectivity index (χ4n) is 5.67. The average molecular weight is 528 g/mol. The van der Waals surface area contributed by atoms with Crippen LogP contribution in [0.3, 0.4) is 0 Å². The zero-order valence-corrected chi connectivity index (χ0v) is 23.7. The molecule has 2 fully saturated rings. The number of carboxylic acids is 1. The molecule has 1 aromatic rings. The van der Waals surface area contributed by atoms with E-state index in [0.29, 0.717) is 23.6 Å². The van der Waals surface area contributed by atoms with E-state index in [2.05, 4.69) is 31.8 Å². The maximum absolute atomic E-state index is 14.2. The van der Waals surface area contributed by atoms with Crippen LogP contribution in [0.15, 0.2) is 17.7 Å². The Morgan fingerprint density at radius 2 is 1.89 bits per heavy atom. The zero-order chi connectivity index (χ0) is 26.7. The Morgan fingerprint density at radius 1 is 1.16 bits per heavy atom. The van der Waals surface area contributed by atoms with Crippen molar-refractivity contribution in [2.75, 3.05) is 18.1 Å². The molecule has 3 atom stereocenters. The van der Waals surface area contributed by atoms with Crippen LogP contribution < -0.4 is 4.90 Å². The van der Waals surface area contributed by atoms with E-state index in [-0.39, 0.29) is 46.3 Å². The van der Waals surface area contributed by atoms with Gasteiger partial charge in [0.05, 0.1) is 29.4 Å². The number of carboxylic acid groups (broad SMARTS) is 1. The molecule has 0 spiro atoms. The molecule has 1 aromatic heterocycles. The highest BCUT2D eigenvalue weighted by atomic mass is 32.1. The zero-order valence-electron chi connectivity index (χ0n) is 22.8. The molecule has 3 aliphatic rings. The van der Waals surface area contributed by atoms with Gasteiger partial charge in [0.1, 0.15) is 4.88 Å². The summed E-state index contributed by atoms with van der Waals surface area (Å²) in [4.78, 5) is 29.3. The number of carbonyl (C=O) groups excluding carboxylic acids is 1. The second-order valence-corrected chi connectivity index (χ2v) is 13.0. The maximum atomic E-state index is 14.2. The van der Waals surface area contributed by atoms with Crippen molar-refractivity contribution in [2.24, 2.45) is 17.3 Å². The highest BCUT2D eigenvalue weighted by molar-refractivity contribution is 7.15. The van der Waals surface area contributed by atoms with E-state index in [1.54, 1.807) is 0 Å². The highest BCUT2D eigenvalue weighted by Crippen LogP contribution is 2.39. The smallest absolute Gasteiger partial charge is 0.348 e. The fourth-order valence-corrected chi connectivity index (χ4v) is 6.51. The Morgan fingerprint density at radius 3 is 2.49 bits per heavy atom. The standard InChI is InChI=1S/C30H41NO5S/c1-19-6-11-25(20(2)16-19)28(32)31(21-7-9-22(10-8-21)36-23-13-15-35-18-23)26-17-24(12-14-30(3,4)5)37-27(26)29(33)34/h6,17,20-23,25H,7-11,13,15-16,18H2,1-5H3,(H,33,34)/t20-,21?,22?,23+,25?/m0/s1. The molecular formula is C30H41NO5S. The van der Waals surface area contributed by atoms with Crippen LogP contribution in [0, 0.1) is 29.1 Å². The summed E-state index contributed by atoms with van der Waals surface area (Å²) < 4.78 is 11.7. The number of ether oxygens (including phenoxy) is 2. The number of amides is 1. The third-order valence-corrected chi connectivity index (χ3v) is 8.64. The number of hydrogen-bond donors (Lipinski definition) is 1. The molecule has 7 heteroatoms. The number of hydrogen-bond acceptors (Lipinski definition) is 5. The van der Waals surface area contributed by atoms with Gasteiger partial charge < -0.3 is 19.5 Å². The Labute approximate surface area is 225 Å². The number of rotatable bonds is 6. The maximum Gasteiger partial charge on any atom is 0.348 e. The summed E-state index contributed by atoms with van der Waals surface area (Å²) in [6, 6.07) is 1.78. The van der Waals surface area contributed by atoms with Gasteiger partial charge in [-0.1, -0.05) is 30.4 Å². The summed E-state index contributed by atoms with van der Waals surface area (Å²) in [6.07, 6.45) is 8.31. The topological polar surface area (TPSA) is 76.1 Å². The number of anilines is 1. The average Bonchev–Trinajstić information content (AvgIpc) is 3.49. The first-order valence-corrected chi connectivity index (χ1v) is 14.5. The molecule has 0 radical (unpaired) electrons. The SMILES string of the molecule is CC1=CCC(C(=O)N(c2cc(C#CC(C)(C)C)sc2C(=O)O)C2CCC(O[C@@H]3CCOC3)CC2)[C@@H](C)C1. The Balaban J connectivity index is 1.63. The predicted octanol–water partition coefficient (Wildman–Crippen LogP) is 6.29. The molecule has 37 heavy (non-hydrogen) atoms. The van der Waals surface area contributed by atoms with Crippen molar-refractivity contribution >= 4 is 28.9 Å². The van der Waals surface area contributed by atoms with Gasteiger partial charge in [-0.25, -0.2) is 4.79 Å². The lowest BCUT2D eigenvalue weighted by atomic mass is 9.79. The van der Waals surface area contributed by atoms with Gasteiger partial charge in [-0.05, 0) is 84.6 Å². The minimum absolute atomic E-state index is 0.0421. The number of thiophene rings is 1. The second kappa shape index (κ2) is 11.7. The predicted molar refractivity (Wildman–Crippen MR) is 147 cm³/mol. The van der Waals surface area contributed by atoms with Crippen LogP contribution in [0.1, 0.15) is 94.1 Å².